The van der Waals surface area contributed by atoms with Crippen LogP contribution in [0.5, 0.6) is 0 Å². The molecule has 3 rings (SSSR count). The van der Waals surface area contributed by atoms with Crippen molar-refractivity contribution in [3.05, 3.63) is 30.0 Å². The topological polar surface area (TPSA) is 71.2 Å². The van der Waals surface area contributed by atoms with E-state index in [1.165, 1.54) is 0 Å². The van der Waals surface area contributed by atoms with Crippen LogP contribution in [0.3, 0.4) is 0 Å². The molecule has 0 radical (unpaired) electrons. The van der Waals surface area contributed by atoms with Crippen LogP contribution >= 0.6 is 0 Å². The molecule has 1 atom stereocenters. The van der Waals surface area contributed by atoms with Gasteiger partial charge in [-0.05, 0) is 13.5 Å². The molecule has 0 spiro atoms. The summed E-state index contributed by atoms with van der Waals surface area (Å²) in [4.78, 5) is 21.3. The maximum absolute atomic E-state index is 12.6. The van der Waals surface area contributed by atoms with Crippen LogP contribution in [-0.2, 0) is 14.1 Å². The minimum atomic E-state index is -0.108. The Morgan fingerprint density at radius 3 is 2.75 bits per heavy atom. The highest BCUT2D eigenvalue weighted by Gasteiger charge is 2.32. The van der Waals surface area contributed by atoms with Gasteiger partial charge in [0.2, 0.25) is 0 Å². The van der Waals surface area contributed by atoms with Crippen LogP contribution < -0.4 is 5.32 Å². The lowest BCUT2D eigenvalue weighted by molar-refractivity contribution is 0.0926. The van der Waals surface area contributed by atoms with E-state index in [-0.39, 0.29) is 12.1 Å². The lowest BCUT2D eigenvalue weighted by atomic mass is 10.1. The summed E-state index contributed by atoms with van der Waals surface area (Å²) in [5.41, 5.74) is 1.01. The number of nitrogens with zero attached hydrogens (tertiary/aromatic N) is 6. The first-order chi connectivity index (χ1) is 11.5. The summed E-state index contributed by atoms with van der Waals surface area (Å²) in [6.07, 6.45) is 3.75. The molecule has 3 heterocycles. The smallest absolute Gasteiger partial charge is 0.323 e. The number of hydrogen-bond donors (Lipinski definition) is 1. The van der Waals surface area contributed by atoms with Crippen LogP contribution in [0.15, 0.2) is 18.5 Å². The van der Waals surface area contributed by atoms with Gasteiger partial charge in [0.15, 0.2) is 5.82 Å². The molecule has 2 aromatic rings. The lowest BCUT2D eigenvalue weighted by Gasteiger charge is -2.40. The maximum atomic E-state index is 12.6. The normalized spacial score (nSPS) is 18.8. The number of imidazole rings is 1. The van der Waals surface area contributed by atoms with Crippen molar-refractivity contribution in [2.24, 2.45) is 14.1 Å². The second-order valence-corrected chi connectivity index (χ2v) is 6.21. The fourth-order valence-electron chi connectivity index (χ4n) is 3.14. The zero-order chi connectivity index (χ0) is 17.3. The van der Waals surface area contributed by atoms with E-state index in [1.807, 2.05) is 42.7 Å². The molecular formula is C16H25N7O. The average molecular weight is 331 g/mol. The average Bonchev–Trinajstić information content (AvgIpc) is 3.12. The number of nitrogens with one attached hydrogen (secondary N) is 1. The van der Waals surface area contributed by atoms with E-state index in [0.29, 0.717) is 18.9 Å². The molecule has 2 aromatic heterocycles. The Balaban J connectivity index is 1.72. The first kappa shape index (κ1) is 16.5. The zero-order valence-electron chi connectivity index (χ0n) is 14.7. The SMILES string of the molecule is CCN1CCN(C(=O)Nc2cc(C)n(C)n2)CC1c1nccn1C. The second-order valence-electron chi connectivity index (χ2n) is 6.21. The Morgan fingerprint density at radius 1 is 1.38 bits per heavy atom. The quantitative estimate of drug-likeness (QED) is 0.922. The van der Waals surface area contributed by atoms with Gasteiger partial charge in [0.1, 0.15) is 5.82 Å². The van der Waals surface area contributed by atoms with Gasteiger partial charge < -0.3 is 9.47 Å². The number of hydrogen-bond acceptors (Lipinski definition) is 4. The number of aryl methyl sites for hydroxylation is 3. The number of likely N-dealkylation sites (N-methyl/N-ethyl adjacent to an activating group) is 1. The van der Waals surface area contributed by atoms with Gasteiger partial charge in [0.25, 0.3) is 0 Å². The number of urea groups is 1. The first-order valence-corrected chi connectivity index (χ1v) is 8.27. The minimum absolute atomic E-state index is 0.108. The minimum Gasteiger partial charge on any atom is -0.337 e. The fraction of sp³-hybridized carbons (Fsp3) is 0.562. The molecule has 0 bridgehead atoms. The highest BCUT2D eigenvalue weighted by molar-refractivity contribution is 5.88. The summed E-state index contributed by atoms with van der Waals surface area (Å²) in [5, 5.41) is 7.19. The third-order valence-electron chi connectivity index (χ3n) is 4.69. The van der Waals surface area contributed by atoms with Crippen molar-refractivity contribution in [2.45, 2.75) is 19.9 Å². The molecule has 0 aromatic carbocycles. The highest BCUT2D eigenvalue weighted by atomic mass is 16.2. The van der Waals surface area contributed by atoms with Crippen LogP contribution in [-0.4, -0.2) is 61.3 Å². The molecule has 24 heavy (non-hydrogen) atoms. The molecule has 130 valence electrons. The Labute approximate surface area is 142 Å². The van der Waals surface area contributed by atoms with E-state index in [2.05, 4.69) is 27.2 Å². The van der Waals surface area contributed by atoms with Crippen molar-refractivity contribution in [3.63, 3.8) is 0 Å². The molecule has 1 aliphatic heterocycles. The number of piperazine rings is 1. The predicted octanol–water partition coefficient (Wildman–Crippen LogP) is 1.37. The predicted molar refractivity (Wildman–Crippen MR) is 91.7 cm³/mol. The van der Waals surface area contributed by atoms with Crippen molar-refractivity contribution >= 4 is 11.8 Å². The molecule has 2 amide bonds. The lowest BCUT2D eigenvalue weighted by Crippen LogP contribution is -2.52. The van der Waals surface area contributed by atoms with E-state index in [0.717, 1.165) is 24.6 Å². The molecule has 0 saturated carbocycles. The third-order valence-corrected chi connectivity index (χ3v) is 4.69. The number of rotatable bonds is 3. The number of carbonyl (C=O) groups excluding carboxylic acids is 1. The van der Waals surface area contributed by atoms with Crippen LogP contribution in [0.2, 0.25) is 0 Å². The van der Waals surface area contributed by atoms with E-state index >= 15 is 0 Å². The zero-order valence-corrected chi connectivity index (χ0v) is 14.7. The Hall–Kier alpha value is -2.35. The second kappa shape index (κ2) is 6.64. The largest absolute Gasteiger partial charge is 0.337 e. The van der Waals surface area contributed by atoms with Crippen LogP contribution in [0.25, 0.3) is 0 Å². The summed E-state index contributed by atoms with van der Waals surface area (Å²) < 4.78 is 3.78. The number of aromatic nitrogens is 4. The molecule has 1 saturated heterocycles. The third kappa shape index (κ3) is 3.14. The first-order valence-electron chi connectivity index (χ1n) is 8.27. The Morgan fingerprint density at radius 2 is 2.17 bits per heavy atom. The van der Waals surface area contributed by atoms with Gasteiger partial charge in [0, 0.05) is 57.9 Å². The van der Waals surface area contributed by atoms with Gasteiger partial charge in [-0.1, -0.05) is 6.92 Å². The molecular weight excluding hydrogens is 306 g/mol. The summed E-state index contributed by atoms with van der Waals surface area (Å²) in [6.45, 7) is 7.19. The van der Waals surface area contributed by atoms with Crippen LogP contribution in [0, 0.1) is 6.92 Å². The van der Waals surface area contributed by atoms with E-state index in [1.54, 1.807) is 10.9 Å². The van der Waals surface area contributed by atoms with E-state index in [4.69, 9.17) is 0 Å². The standard InChI is InChI=1S/C16H25N7O/c1-5-22-8-9-23(11-13(22)15-17-6-7-20(15)3)16(24)18-14-10-12(2)21(4)19-14/h6-7,10,13H,5,8-9,11H2,1-4H3,(H,18,19,24). The summed E-state index contributed by atoms with van der Waals surface area (Å²) in [6, 6.07) is 1.87. The highest BCUT2D eigenvalue weighted by Crippen LogP contribution is 2.24. The van der Waals surface area contributed by atoms with Crippen molar-refractivity contribution in [1.82, 2.24) is 29.1 Å². The summed E-state index contributed by atoms with van der Waals surface area (Å²) >= 11 is 0. The van der Waals surface area contributed by atoms with Gasteiger partial charge in [-0.15, -0.1) is 0 Å². The number of amides is 2. The fourth-order valence-corrected chi connectivity index (χ4v) is 3.14. The van der Waals surface area contributed by atoms with Crippen LogP contribution in [0.4, 0.5) is 10.6 Å². The van der Waals surface area contributed by atoms with Gasteiger partial charge in [-0.3, -0.25) is 14.9 Å². The Kier molecular flexibility index (Phi) is 4.57. The monoisotopic (exact) mass is 331 g/mol. The van der Waals surface area contributed by atoms with Gasteiger partial charge >= 0.3 is 6.03 Å². The number of anilines is 1. The van der Waals surface area contributed by atoms with Gasteiger partial charge in [-0.25, -0.2) is 9.78 Å². The van der Waals surface area contributed by atoms with E-state index in [9.17, 15) is 4.79 Å². The molecule has 1 fully saturated rings. The van der Waals surface area contributed by atoms with Crippen molar-refractivity contribution < 1.29 is 4.79 Å². The van der Waals surface area contributed by atoms with Gasteiger partial charge in [-0.2, -0.15) is 5.10 Å². The Bertz CT molecular complexity index is 700. The number of carbonyl (C=O) groups is 1. The molecule has 1 N–H and O–H groups in total. The molecule has 8 nitrogen and oxygen atoms in total. The van der Waals surface area contributed by atoms with Crippen molar-refractivity contribution in [3.8, 4) is 0 Å². The summed E-state index contributed by atoms with van der Waals surface area (Å²) in [7, 11) is 3.86. The van der Waals surface area contributed by atoms with Crippen molar-refractivity contribution in [1.29, 1.82) is 0 Å². The maximum Gasteiger partial charge on any atom is 0.323 e. The molecule has 1 unspecified atom stereocenters. The molecule has 8 heteroatoms. The van der Waals surface area contributed by atoms with E-state index < -0.39 is 0 Å². The molecule has 1 aliphatic rings. The molecule has 0 aliphatic carbocycles. The van der Waals surface area contributed by atoms with Gasteiger partial charge in [0.05, 0.1) is 6.04 Å². The van der Waals surface area contributed by atoms with Crippen molar-refractivity contribution in [2.75, 3.05) is 31.5 Å². The summed E-state index contributed by atoms with van der Waals surface area (Å²) in [5.74, 6) is 1.58. The van der Waals surface area contributed by atoms with Crippen LogP contribution in [0.1, 0.15) is 24.5 Å².